The number of nitrogens with zero attached hydrogens (tertiary/aromatic N) is 1. The van der Waals surface area contributed by atoms with Crippen molar-refractivity contribution in [2.24, 2.45) is 0 Å². The van der Waals surface area contributed by atoms with Gasteiger partial charge in [0, 0.05) is 34.9 Å². The molecule has 4 rings (SSSR count). The quantitative estimate of drug-likeness (QED) is 0.195. The first-order chi connectivity index (χ1) is 16.1. The van der Waals surface area contributed by atoms with Crippen LogP contribution in [0.5, 0.6) is 0 Å². The highest BCUT2D eigenvalue weighted by Crippen LogP contribution is 2.40. The highest BCUT2D eigenvalue weighted by molar-refractivity contribution is 14.2. The van der Waals surface area contributed by atoms with Gasteiger partial charge < -0.3 is 10.6 Å². The van der Waals surface area contributed by atoms with Crippen LogP contribution in [-0.2, 0) is 17.6 Å². The Labute approximate surface area is 220 Å². The van der Waals surface area contributed by atoms with E-state index >= 15 is 0 Å². The molecule has 2 aromatic rings. The molecule has 4 nitrogen and oxygen atoms in total. The van der Waals surface area contributed by atoms with Gasteiger partial charge in [-0.05, 0) is 93.9 Å². The second-order valence-electron chi connectivity index (χ2n) is 8.73. The van der Waals surface area contributed by atoms with Gasteiger partial charge in [-0.15, -0.1) is 0 Å². The molecule has 2 aliphatic rings. The third-order valence-electron chi connectivity index (χ3n) is 6.16. The first kappa shape index (κ1) is 25.0. The number of aromatic nitrogens is 1. The Morgan fingerprint density at radius 1 is 1.09 bits per heavy atom. The van der Waals surface area contributed by atoms with E-state index in [-0.39, 0.29) is 27.1 Å². The number of fused-ring (bicyclic) bond motifs is 2. The Balaban J connectivity index is 1.15. The van der Waals surface area contributed by atoms with Crippen LogP contribution in [0, 0.1) is 0 Å². The Kier molecular flexibility index (Phi) is 9.50. The van der Waals surface area contributed by atoms with E-state index in [4.69, 9.17) is 16.6 Å². The molecule has 1 aromatic heterocycles. The second-order valence-corrected chi connectivity index (χ2v) is 13.9. The molecule has 0 fully saturated rings. The van der Waals surface area contributed by atoms with E-state index in [0.29, 0.717) is 6.42 Å². The molecule has 1 aliphatic carbocycles. The molecule has 1 aromatic carbocycles. The van der Waals surface area contributed by atoms with Gasteiger partial charge in [0.05, 0.1) is 14.4 Å². The van der Waals surface area contributed by atoms with Crippen molar-refractivity contribution in [1.82, 2.24) is 10.3 Å². The number of unbranched alkanes of at least 4 members (excludes halogenated alkanes) is 4. The van der Waals surface area contributed by atoms with Gasteiger partial charge in [0.1, 0.15) is 0 Å². The topological polar surface area (TPSA) is 54.0 Å². The lowest BCUT2D eigenvalue weighted by atomic mass is 9.92. The summed E-state index contributed by atoms with van der Waals surface area (Å²) in [6.07, 6.45) is 13.0. The number of amides is 1. The lowest BCUT2D eigenvalue weighted by Crippen LogP contribution is -2.24. The maximum atomic E-state index is 12.0. The van der Waals surface area contributed by atoms with Crippen LogP contribution in [0.1, 0.15) is 62.6 Å². The number of hydrogen-bond acceptors (Lipinski definition) is 3. The molecule has 7 heteroatoms. The number of halogens is 3. The maximum absolute atomic E-state index is 12.0. The van der Waals surface area contributed by atoms with E-state index in [1.165, 1.54) is 50.5 Å². The highest BCUT2D eigenvalue weighted by Gasteiger charge is 2.18. The minimum atomic E-state index is -0.0268. The smallest absolute Gasteiger partial charge is 0.224 e. The van der Waals surface area contributed by atoms with Crippen molar-refractivity contribution in [2.45, 2.75) is 64.2 Å². The Hall–Kier alpha value is -1.12. The lowest BCUT2D eigenvalue weighted by molar-refractivity contribution is -0.120. The fourth-order valence-corrected chi connectivity index (χ4v) is 7.20. The molecule has 1 amide bonds. The standard InChI is InChI=1S/C26H31BrClIN3O/c27-24-14-18(17-29-24)15-25(33)30-12-6-2-1-3-7-13-31-26-20-8-4-5-9-22(20)32-23-16-19(28)10-11-21(23)26/h10-11,14,16-17H,1-9,12-13,15H2,(H,30,33)(H,31,32). The fraction of sp³-hybridized carbons (Fsp3) is 0.462. The molecule has 0 atom stereocenters. The van der Waals surface area contributed by atoms with Gasteiger partial charge in [0.15, 0.2) is 0 Å². The van der Waals surface area contributed by atoms with E-state index in [9.17, 15) is 4.79 Å². The highest BCUT2D eigenvalue weighted by atomic mass is 127. The summed E-state index contributed by atoms with van der Waals surface area (Å²) < 4.78 is 3.48. The van der Waals surface area contributed by atoms with Gasteiger partial charge in [-0.2, -0.15) is 0 Å². The van der Waals surface area contributed by atoms with Crippen molar-refractivity contribution in [3.8, 4) is 0 Å². The number of allylic oxidation sites excluding steroid dienone is 1. The minimum Gasteiger partial charge on any atom is -0.384 e. The first-order valence-corrected chi connectivity index (χ1v) is 15.4. The minimum absolute atomic E-state index is 0.0268. The molecule has 33 heavy (non-hydrogen) atoms. The van der Waals surface area contributed by atoms with Gasteiger partial charge in [-0.1, -0.05) is 52.1 Å². The van der Waals surface area contributed by atoms with Crippen LogP contribution in [0.25, 0.3) is 10.9 Å². The molecule has 2 N–H and O–H groups in total. The zero-order chi connectivity index (χ0) is 23.0. The molecule has 0 spiro atoms. The van der Waals surface area contributed by atoms with Gasteiger partial charge >= 0.3 is 0 Å². The number of nitrogens with one attached hydrogen (secondary N) is 2. The monoisotopic (exact) mass is 642 g/mol. The number of anilines is 1. The van der Waals surface area contributed by atoms with Gasteiger partial charge in [0.2, 0.25) is 5.91 Å². The first-order valence-electron chi connectivity index (χ1n) is 11.9. The van der Waals surface area contributed by atoms with Crippen molar-refractivity contribution >= 4 is 71.2 Å². The van der Waals surface area contributed by atoms with Gasteiger partial charge in [0.25, 0.3) is 0 Å². The zero-order valence-corrected chi connectivity index (χ0v) is 23.4. The second kappa shape index (κ2) is 12.5. The molecule has 2 heterocycles. The molecular weight excluding hydrogens is 613 g/mol. The molecule has 1 aliphatic heterocycles. The van der Waals surface area contributed by atoms with E-state index in [1.54, 1.807) is 0 Å². The summed E-state index contributed by atoms with van der Waals surface area (Å²) in [7, 11) is 0. The summed E-state index contributed by atoms with van der Waals surface area (Å²) >= 11 is 9.72. The normalized spacial score (nSPS) is 15.2. The van der Waals surface area contributed by atoms with E-state index in [1.807, 2.05) is 12.1 Å². The SMILES string of the molecule is O=C(CC1=C[I]C(Br)=C1)NCCCCCCCNc1c2c(nc3cc(Cl)ccc13)CCCC2. The Morgan fingerprint density at radius 3 is 2.70 bits per heavy atom. The Morgan fingerprint density at radius 2 is 1.88 bits per heavy atom. The Bertz CT molecular complexity index is 1070. The summed E-state index contributed by atoms with van der Waals surface area (Å²) in [5.41, 5.74) is 6.09. The van der Waals surface area contributed by atoms with Crippen molar-refractivity contribution in [3.63, 3.8) is 0 Å². The predicted octanol–water partition coefficient (Wildman–Crippen LogP) is 7.74. The zero-order valence-electron chi connectivity index (χ0n) is 18.9. The molecule has 0 bridgehead atoms. The number of benzene rings is 1. The van der Waals surface area contributed by atoms with Gasteiger partial charge in [-0.3, -0.25) is 9.78 Å². The number of aryl methyl sites for hydroxylation is 1. The third-order valence-corrected chi connectivity index (χ3v) is 9.80. The number of carbonyl (C=O) groups is 1. The largest absolute Gasteiger partial charge is 0.384 e. The average molecular weight is 644 g/mol. The van der Waals surface area contributed by atoms with E-state index < -0.39 is 0 Å². The number of pyridine rings is 1. The molecule has 0 saturated carbocycles. The number of rotatable bonds is 11. The molecule has 0 saturated heterocycles. The van der Waals surface area contributed by atoms with Crippen LogP contribution in [0.15, 0.2) is 36.4 Å². The van der Waals surface area contributed by atoms with Crippen molar-refractivity contribution < 1.29 is 4.79 Å². The molecule has 177 valence electrons. The number of carbonyl (C=O) groups excluding carboxylic acids is 1. The van der Waals surface area contributed by atoms with Crippen LogP contribution in [-0.4, -0.2) is 24.0 Å². The summed E-state index contributed by atoms with van der Waals surface area (Å²) in [5, 5.41) is 8.73. The predicted molar refractivity (Wildman–Crippen MR) is 152 cm³/mol. The van der Waals surface area contributed by atoms with Crippen molar-refractivity contribution in [3.05, 3.63) is 52.7 Å². The van der Waals surface area contributed by atoms with Gasteiger partial charge in [-0.25, -0.2) is 0 Å². The maximum Gasteiger partial charge on any atom is 0.224 e. The number of hydrogen-bond donors (Lipinski definition) is 2. The summed E-state index contributed by atoms with van der Waals surface area (Å²) in [5.74, 6) is 0.141. The van der Waals surface area contributed by atoms with Crippen LogP contribution < -0.4 is 10.6 Å². The molecule has 1 radical (unpaired) electrons. The third kappa shape index (κ3) is 7.18. The molecule has 0 unspecified atom stereocenters. The van der Waals surface area contributed by atoms with Crippen LogP contribution >= 0.6 is 48.7 Å². The van der Waals surface area contributed by atoms with Crippen LogP contribution in [0.2, 0.25) is 5.02 Å². The summed E-state index contributed by atoms with van der Waals surface area (Å²) in [6, 6.07) is 6.06. The average Bonchev–Trinajstić information content (AvgIpc) is 3.21. The van der Waals surface area contributed by atoms with Crippen LogP contribution in [0.4, 0.5) is 5.69 Å². The van der Waals surface area contributed by atoms with Crippen LogP contribution in [0.3, 0.4) is 0 Å². The fourth-order valence-electron chi connectivity index (χ4n) is 4.49. The van der Waals surface area contributed by atoms with E-state index in [0.717, 1.165) is 61.3 Å². The molecular formula is C26H31BrClIN3O. The van der Waals surface area contributed by atoms with Crippen molar-refractivity contribution in [2.75, 3.05) is 18.4 Å². The van der Waals surface area contributed by atoms with E-state index in [2.05, 4.69) is 42.8 Å². The summed E-state index contributed by atoms with van der Waals surface area (Å²) in [6.45, 7) is 1.76. The summed E-state index contributed by atoms with van der Waals surface area (Å²) in [4.78, 5) is 16.9. The lowest BCUT2D eigenvalue weighted by Gasteiger charge is -2.22. The van der Waals surface area contributed by atoms with Crippen molar-refractivity contribution in [1.29, 1.82) is 0 Å².